The second-order valence-corrected chi connectivity index (χ2v) is 6.07. The van der Waals surface area contributed by atoms with Crippen molar-refractivity contribution in [3.8, 4) is 0 Å². The summed E-state index contributed by atoms with van der Waals surface area (Å²) in [4.78, 5) is 29.5. The average Bonchev–Trinajstić information content (AvgIpc) is 2.46. The van der Waals surface area contributed by atoms with Crippen LogP contribution in [-0.2, 0) is 4.79 Å². The number of nitrogens with zero attached hydrogens (tertiary/aromatic N) is 2. The van der Waals surface area contributed by atoms with Crippen molar-refractivity contribution in [2.45, 2.75) is 37.6 Å². The largest absolute Gasteiger partial charge is 0.479 e. The lowest BCUT2D eigenvalue weighted by Gasteiger charge is -2.41. The van der Waals surface area contributed by atoms with Crippen molar-refractivity contribution in [2.75, 3.05) is 7.05 Å². The van der Waals surface area contributed by atoms with Crippen LogP contribution in [0.2, 0.25) is 0 Å². The van der Waals surface area contributed by atoms with Gasteiger partial charge in [-0.05, 0) is 34.8 Å². The molecular weight excluding hydrogens is 324 g/mol. The number of hydrogen-bond donors (Lipinski definition) is 1. The zero-order valence-corrected chi connectivity index (χ0v) is 12.9. The second-order valence-electron chi connectivity index (χ2n) is 5.15. The van der Waals surface area contributed by atoms with E-state index in [1.807, 2.05) is 0 Å². The predicted octanol–water partition coefficient (Wildman–Crippen LogP) is 2.70. The quantitative estimate of drug-likeness (QED) is 0.918. The Morgan fingerprint density at radius 3 is 2.50 bits per heavy atom. The number of rotatable bonds is 3. The van der Waals surface area contributed by atoms with Gasteiger partial charge in [0.05, 0.1) is 5.56 Å². The van der Waals surface area contributed by atoms with Crippen molar-refractivity contribution < 1.29 is 14.7 Å². The highest BCUT2D eigenvalue weighted by Crippen LogP contribution is 2.34. The molecule has 1 aromatic heterocycles. The van der Waals surface area contributed by atoms with Crippen LogP contribution in [0.15, 0.2) is 22.9 Å². The first kappa shape index (κ1) is 15.0. The summed E-state index contributed by atoms with van der Waals surface area (Å²) in [6.45, 7) is 0. The summed E-state index contributed by atoms with van der Waals surface area (Å²) in [6, 6.07) is 1.66. The van der Waals surface area contributed by atoms with Gasteiger partial charge in [-0.15, -0.1) is 0 Å². The number of halogens is 1. The Bertz CT molecular complexity index is 527. The molecule has 1 saturated carbocycles. The molecule has 0 unspecified atom stereocenters. The van der Waals surface area contributed by atoms with E-state index in [4.69, 9.17) is 0 Å². The number of carboxylic acid groups (broad SMARTS) is 1. The van der Waals surface area contributed by atoms with Crippen LogP contribution in [0.3, 0.4) is 0 Å². The van der Waals surface area contributed by atoms with E-state index in [-0.39, 0.29) is 5.91 Å². The number of hydrogen-bond acceptors (Lipinski definition) is 3. The third-order valence-electron chi connectivity index (χ3n) is 3.98. The third-order valence-corrected chi connectivity index (χ3v) is 4.41. The third kappa shape index (κ3) is 2.70. The summed E-state index contributed by atoms with van der Waals surface area (Å²) < 4.78 is 0.699. The fourth-order valence-electron chi connectivity index (χ4n) is 2.75. The maximum Gasteiger partial charge on any atom is 0.329 e. The molecule has 1 aromatic rings. The van der Waals surface area contributed by atoms with E-state index in [2.05, 4.69) is 20.9 Å². The summed E-state index contributed by atoms with van der Waals surface area (Å²) in [6.07, 6.45) is 6.75. The fourth-order valence-corrected chi connectivity index (χ4v) is 3.11. The van der Waals surface area contributed by atoms with Gasteiger partial charge in [0.15, 0.2) is 0 Å². The highest BCUT2D eigenvalue weighted by atomic mass is 79.9. The van der Waals surface area contributed by atoms with E-state index in [0.29, 0.717) is 22.9 Å². The van der Waals surface area contributed by atoms with Crippen LogP contribution in [0.1, 0.15) is 42.5 Å². The Hall–Kier alpha value is -1.43. The Morgan fingerprint density at radius 2 is 1.95 bits per heavy atom. The Morgan fingerprint density at radius 1 is 1.30 bits per heavy atom. The van der Waals surface area contributed by atoms with Crippen molar-refractivity contribution in [1.29, 1.82) is 0 Å². The minimum atomic E-state index is -1.09. The molecule has 1 aliphatic carbocycles. The van der Waals surface area contributed by atoms with Gasteiger partial charge in [0.1, 0.15) is 5.54 Å². The van der Waals surface area contributed by atoms with E-state index in [1.54, 1.807) is 19.3 Å². The van der Waals surface area contributed by atoms with E-state index in [9.17, 15) is 14.7 Å². The van der Waals surface area contributed by atoms with Crippen LogP contribution in [0.25, 0.3) is 0 Å². The number of carbonyl (C=O) groups excluding carboxylic acids is 1. The molecule has 1 fully saturated rings. The minimum absolute atomic E-state index is 0.303. The van der Waals surface area contributed by atoms with Crippen molar-refractivity contribution in [3.05, 3.63) is 28.5 Å². The number of carbonyl (C=O) groups is 2. The summed E-state index contributed by atoms with van der Waals surface area (Å²) in [5.74, 6) is -1.22. The van der Waals surface area contributed by atoms with Crippen LogP contribution >= 0.6 is 15.9 Å². The topological polar surface area (TPSA) is 70.5 Å². The number of pyridine rings is 1. The zero-order chi connectivity index (χ0) is 14.8. The molecule has 0 atom stereocenters. The van der Waals surface area contributed by atoms with Gasteiger partial charge in [-0.1, -0.05) is 19.3 Å². The van der Waals surface area contributed by atoms with Gasteiger partial charge >= 0.3 is 5.97 Å². The van der Waals surface area contributed by atoms with Gasteiger partial charge < -0.3 is 10.0 Å². The molecule has 0 spiro atoms. The normalized spacial score (nSPS) is 17.5. The van der Waals surface area contributed by atoms with Crippen molar-refractivity contribution in [3.63, 3.8) is 0 Å². The lowest BCUT2D eigenvalue weighted by atomic mass is 9.80. The Kier molecular flexibility index (Phi) is 4.42. The van der Waals surface area contributed by atoms with Gasteiger partial charge in [-0.3, -0.25) is 9.78 Å². The summed E-state index contributed by atoms with van der Waals surface area (Å²) >= 11 is 3.27. The van der Waals surface area contributed by atoms with Crippen LogP contribution < -0.4 is 0 Å². The molecular formula is C14H17BrN2O3. The van der Waals surface area contributed by atoms with Crippen LogP contribution in [0, 0.1) is 0 Å². The molecule has 1 heterocycles. The van der Waals surface area contributed by atoms with Crippen LogP contribution in [0.5, 0.6) is 0 Å². The number of carboxylic acids is 1. The Labute approximate surface area is 126 Å². The summed E-state index contributed by atoms with van der Waals surface area (Å²) in [5, 5.41) is 9.59. The number of aliphatic carboxylic acids is 1. The van der Waals surface area contributed by atoms with Crippen LogP contribution in [0.4, 0.5) is 0 Å². The maximum atomic E-state index is 12.5. The zero-order valence-electron chi connectivity index (χ0n) is 11.3. The maximum absolute atomic E-state index is 12.5. The summed E-state index contributed by atoms with van der Waals surface area (Å²) in [7, 11) is 1.57. The molecule has 20 heavy (non-hydrogen) atoms. The van der Waals surface area contributed by atoms with Gasteiger partial charge in [-0.25, -0.2) is 4.79 Å². The standard InChI is InChI=1S/C14H17BrN2O3/c1-17(12(18)10-7-11(15)9-16-8-10)14(13(19)20)5-3-2-4-6-14/h7-9H,2-6H2,1H3,(H,19,20). The van der Waals surface area contributed by atoms with E-state index >= 15 is 0 Å². The molecule has 1 amide bonds. The lowest BCUT2D eigenvalue weighted by Crippen LogP contribution is -2.56. The van der Waals surface area contributed by atoms with Gasteiger partial charge in [0, 0.05) is 23.9 Å². The van der Waals surface area contributed by atoms with E-state index < -0.39 is 11.5 Å². The van der Waals surface area contributed by atoms with Gasteiger partial charge in [0.2, 0.25) is 0 Å². The van der Waals surface area contributed by atoms with E-state index in [0.717, 1.165) is 19.3 Å². The molecule has 5 nitrogen and oxygen atoms in total. The Balaban J connectivity index is 2.30. The molecule has 108 valence electrons. The van der Waals surface area contributed by atoms with Crippen LogP contribution in [-0.4, -0.2) is 39.5 Å². The molecule has 2 rings (SSSR count). The monoisotopic (exact) mass is 340 g/mol. The average molecular weight is 341 g/mol. The molecule has 0 aliphatic heterocycles. The van der Waals surface area contributed by atoms with E-state index in [1.165, 1.54) is 11.1 Å². The second kappa shape index (κ2) is 5.91. The van der Waals surface area contributed by atoms with Crippen molar-refractivity contribution >= 4 is 27.8 Å². The van der Waals surface area contributed by atoms with Crippen molar-refractivity contribution in [2.24, 2.45) is 0 Å². The molecule has 0 bridgehead atoms. The molecule has 1 N–H and O–H groups in total. The molecule has 0 saturated heterocycles. The highest BCUT2D eigenvalue weighted by Gasteiger charge is 2.45. The predicted molar refractivity (Wildman–Crippen MR) is 77.5 cm³/mol. The lowest BCUT2D eigenvalue weighted by molar-refractivity contribution is -0.151. The SMILES string of the molecule is CN(C(=O)c1cncc(Br)c1)C1(C(=O)O)CCCCC1. The summed E-state index contributed by atoms with van der Waals surface area (Å²) in [5.41, 5.74) is -0.689. The number of likely N-dealkylation sites (N-methyl/N-ethyl adjacent to an activating group) is 1. The minimum Gasteiger partial charge on any atom is -0.479 e. The molecule has 0 aromatic carbocycles. The molecule has 1 aliphatic rings. The molecule has 0 radical (unpaired) electrons. The highest BCUT2D eigenvalue weighted by molar-refractivity contribution is 9.10. The number of aromatic nitrogens is 1. The fraction of sp³-hybridized carbons (Fsp3) is 0.500. The number of amides is 1. The smallest absolute Gasteiger partial charge is 0.329 e. The van der Waals surface area contributed by atoms with Gasteiger partial charge in [0.25, 0.3) is 5.91 Å². The first-order valence-electron chi connectivity index (χ1n) is 6.59. The first-order valence-corrected chi connectivity index (χ1v) is 7.39. The van der Waals surface area contributed by atoms with Crippen molar-refractivity contribution in [1.82, 2.24) is 9.88 Å². The van der Waals surface area contributed by atoms with Gasteiger partial charge in [-0.2, -0.15) is 0 Å². The first-order chi connectivity index (χ1) is 9.47. The molecule has 6 heteroatoms.